The molecule has 21 heavy (non-hydrogen) atoms. The molecule has 3 nitrogen and oxygen atoms in total. The molecule has 3 heteroatoms. The number of ether oxygens (including phenoxy) is 1. The minimum atomic E-state index is -0.0376. The molecule has 1 N–H and O–H groups in total. The Bertz CT molecular complexity index is 478. The third kappa shape index (κ3) is 3.98. The van der Waals surface area contributed by atoms with Crippen molar-refractivity contribution in [2.24, 2.45) is 0 Å². The second-order valence-corrected chi connectivity index (χ2v) is 7.06. The van der Waals surface area contributed by atoms with Crippen LogP contribution in [0.5, 0.6) is 5.75 Å². The van der Waals surface area contributed by atoms with E-state index in [1.54, 1.807) is 0 Å². The van der Waals surface area contributed by atoms with E-state index in [9.17, 15) is 0 Å². The van der Waals surface area contributed by atoms with Crippen molar-refractivity contribution in [3.63, 3.8) is 0 Å². The zero-order valence-corrected chi connectivity index (χ0v) is 13.5. The van der Waals surface area contributed by atoms with Gasteiger partial charge in [0, 0.05) is 13.0 Å². The van der Waals surface area contributed by atoms with Crippen LogP contribution in [0, 0.1) is 0 Å². The van der Waals surface area contributed by atoms with Gasteiger partial charge in [0.2, 0.25) is 0 Å². The van der Waals surface area contributed by atoms with Gasteiger partial charge >= 0.3 is 0 Å². The molecule has 2 aliphatic heterocycles. The smallest absolute Gasteiger partial charge is 0.123 e. The lowest BCUT2D eigenvalue weighted by Crippen LogP contribution is -2.24. The Morgan fingerprint density at radius 1 is 1.24 bits per heavy atom. The summed E-state index contributed by atoms with van der Waals surface area (Å²) in [5.41, 5.74) is 2.69. The summed E-state index contributed by atoms with van der Waals surface area (Å²) in [7, 11) is 0. The Balaban J connectivity index is 1.40. The van der Waals surface area contributed by atoms with Crippen molar-refractivity contribution in [3.05, 3.63) is 29.3 Å². The molecule has 1 fully saturated rings. The summed E-state index contributed by atoms with van der Waals surface area (Å²) >= 11 is 0. The minimum Gasteiger partial charge on any atom is -0.487 e. The molecular formula is C18H28N2O. The van der Waals surface area contributed by atoms with Crippen LogP contribution in [0.3, 0.4) is 0 Å². The minimum absolute atomic E-state index is 0.0376. The monoisotopic (exact) mass is 288 g/mol. The zero-order chi connectivity index (χ0) is 14.7. The predicted molar refractivity (Wildman–Crippen MR) is 86.9 cm³/mol. The lowest BCUT2D eigenvalue weighted by molar-refractivity contribution is 0.138. The molecule has 1 saturated heterocycles. The highest BCUT2D eigenvalue weighted by Crippen LogP contribution is 2.35. The number of hydrogen-bond acceptors (Lipinski definition) is 3. The Morgan fingerprint density at radius 2 is 2.05 bits per heavy atom. The molecule has 0 spiro atoms. The first-order chi connectivity index (χ1) is 10.1. The van der Waals surface area contributed by atoms with E-state index in [4.69, 9.17) is 4.74 Å². The molecule has 3 rings (SSSR count). The molecule has 1 aromatic rings. The number of likely N-dealkylation sites (tertiary alicyclic amines) is 1. The van der Waals surface area contributed by atoms with Gasteiger partial charge in [0.05, 0.1) is 0 Å². The van der Waals surface area contributed by atoms with Gasteiger partial charge < -0.3 is 15.0 Å². The van der Waals surface area contributed by atoms with Crippen molar-refractivity contribution in [1.82, 2.24) is 10.2 Å². The number of fused-ring (bicyclic) bond motifs is 1. The fourth-order valence-corrected chi connectivity index (χ4v) is 3.44. The van der Waals surface area contributed by atoms with Gasteiger partial charge in [-0.25, -0.2) is 0 Å². The highest BCUT2D eigenvalue weighted by Gasteiger charge is 2.29. The standard InChI is InChI=1S/C18H28N2O/c1-18(2)13-16-12-15(6-7-17(16)21-18)14-19-8-5-11-20-9-3-4-10-20/h6-7,12,19H,3-5,8-11,13-14H2,1-2H3. The van der Waals surface area contributed by atoms with E-state index in [1.807, 2.05) is 0 Å². The van der Waals surface area contributed by atoms with Gasteiger partial charge in [0.15, 0.2) is 0 Å². The molecule has 0 amide bonds. The molecule has 1 aromatic carbocycles. The molecule has 0 unspecified atom stereocenters. The van der Waals surface area contributed by atoms with Crippen LogP contribution in [-0.4, -0.2) is 36.7 Å². The summed E-state index contributed by atoms with van der Waals surface area (Å²) in [6.07, 6.45) is 5.05. The number of hydrogen-bond donors (Lipinski definition) is 1. The third-order valence-electron chi connectivity index (χ3n) is 4.48. The van der Waals surface area contributed by atoms with Crippen molar-refractivity contribution < 1.29 is 4.74 Å². The fraction of sp³-hybridized carbons (Fsp3) is 0.667. The number of nitrogens with zero attached hydrogens (tertiary/aromatic N) is 1. The molecule has 2 heterocycles. The van der Waals surface area contributed by atoms with Crippen LogP contribution < -0.4 is 10.1 Å². The van der Waals surface area contributed by atoms with E-state index in [1.165, 1.54) is 50.0 Å². The third-order valence-corrected chi connectivity index (χ3v) is 4.48. The Kier molecular flexibility index (Phi) is 4.51. The van der Waals surface area contributed by atoms with E-state index in [0.29, 0.717) is 0 Å². The molecule has 116 valence electrons. The second kappa shape index (κ2) is 6.37. The maximum absolute atomic E-state index is 5.92. The first-order valence-electron chi connectivity index (χ1n) is 8.36. The molecule has 0 aliphatic carbocycles. The molecule has 0 aromatic heterocycles. The lowest BCUT2D eigenvalue weighted by Gasteiger charge is -2.16. The van der Waals surface area contributed by atoms with Crippen molar-refractivity contribution in [3.8, 4) is 5.75 Å². The van der Waals surface area contributed by atoms with Gasteiger partial charge in [-0.05, 0) is 76.5 Å². The summed E-state index contributed by atoms with van der Waals surface area (Å²) in [5, 5.41) is 3.57. The molecule has 2 aliphatic rings. The SMILES string of the molecule is CC1(C)Cc2cc(CNCCCN3CCCC3)ccc2O1. The van der Waals surface area contributed by atoms with Crippen molar-refractivity contribution in [1.29, 1.82) is 0 Å². The van der Waals surface area contributed by atoms with E-state index >= 15 is 0 Å². The van der Waals surface area contributed by atoms with Gasteiger partial charge in [-0.2, -0.15) is 0 Å². The number of benzene rings is 1. The summed E-state index contributed by atoms with van der Waals surface area (Å²) in [6.45, 7) is 10.2. The van der Waals surface area contributed by atoms with Crippen LogP contribution in [0.2, 0.25) is 0 Å². The highest BCUT2D eigenvalue weighted by molar-refractivity contribution is 5.41. The van der Waals surface area contributed by atoms with Crippen LogP contribution in [0.15, 0.2) is 18.2 Å². The normalized spacial score (nSPS) is 20.5. The van der Waals surface area contributed by atoms with Gasteiger partial charge in [0.1, 0.15) is 11.4 Å². The first kappa shape index (κ1) is 14.9. The number of nitrogens with one attached hydrogen (secondary N) is 1. The lowest BCUT2D eigenvalue weighted by atomic mass is 10.0. The molecule has 0 bridgehead atoms. The van der Waals surface area contributed by atoms with Crippen LogP contribution in [0.1, 0.15) is 44.2 Å². The van der Waals surface area contributed by atoms with Crippen molar-refractivity contribution in [2.75, 3.05) is 26.2 Å². The van der Waals surface area contributed by atoms with E-state index in [2.05, 4.69) is 42.3 Å². The summed E-state index contributed by atoms with van der Waals surface area (Å²) in [5.74, 6) is 1.07. The van der Waals surface area contributed by atoms with E-state index in [0.717, 1.165) is 25.3 Å². The van der Waals surface area contributed by atoms with E-state index in [-0.39, 0.29) is 5.60 Å². The molecule has 0 radical (unpaired) electrons. The average molecular weight is 288 g/mol. The summed E-state index contributed by atoms with van der Waals surface area (Å²) in [4.78, 5) is 2.58. The average Bonchev–Trinajstić information content (AvgIpc) is 3.03. The van der Waals surface area contributed by atoms with Gasteiger partial charge in [-0.15, -0.1) is 0 Å². The Hall–Kier alpha value is -1.06. The fourth-order valence-electron chi connectivity index (χ4n) is 3.44. The van der Waals surface area contributed by atoms with Crippen LogP contribution >= 0.6 is 0 Å². The molecule has 0 saturated carbocycles. The second-order valence-electron chi connectivity index (χ2n) is 7.06. The van der Waals surface area contributed by atoms with Gasteiger partial charge in [0.25, 0.3) is 0 Å². The Labute approximate surface area is 128 Å². The van der Waals surface area contributed by atoms with Crippen molar-refractivity contribution >= 4 is 0 Å². The zero-order valence-electron chi connectivity index (χ0n) is 13.5. The topological polar surface area (TPSA) is 24.5 Å². The van der Waals surface area contributed by atoms with E-state index < -0.39 is 0 Å². The molecule has 0 atom stereocenters. The first-order valence-corrected chi connectivity index (χ1v) is 8.36. The highest BCUT2D eigenvalue weighted by atomic mass is 16.5. The van der Waals surface area contributed by atoms with Crippen LogP contribution in [-0.2, 0) is 13.0 Å². The summed E-state index contributed by atoms with van der Waals surface area (Å²) in [6, 6.07) is 6.62. The maximum atomic E-state index is 5.92. The molecular weight excluding hydrogens is 260 g/mol. The van der Waals surface area contributed by atoms with Gasteiger partial charge in [-0.1, -0.05) is 12.1 Å². The number of rotatable bonds is 6. The van der Waals surface area contributed by atoms with Crippen LogP contribution in [0.4, 0.5) is 0 Å². The summed E-state index contributed by atoms with van der Waals surface area (Å²) < 4.78 is 5.92. The predicted octanol–water partition coefficient (Wildman–Crippen LogP) is 2.98. The quantitative estimate of drug-likeness (QED) is 0.815. The Morgan fingerprint density at radius 3 is 2.86 bits per heavy atom. The van der Waals surface area contributed by atoms with Crippen LogP contribution in [0.25, 0.3) is 0 Å². The van der Waals surface area contributed by atoms with Crippen molar-refractivity contribution in [2.45, 2.75) is 51.7 Å². The van der Waals surface area contributed by atoms with Gasteiger partial charge in [-0.3, -0.25) is 0 Å². The maximum Gasteiger partial charge on any atom is 0.123 e. The largest absolute Gasteiger partial charge is 0.487 e.